The number of hydrogen-bond acceptors (Lipinski definition) is 2. The molecule has 4 heteroatoms. The van der Waals surface area contributed by atoms with Gasteiger partial charge >= 0.3 is 0 Å². The topological polar surface area (TPSA) is 35.8 Å². The van der Waals surface area contributed by atoms with Crippen LogP contribution in [-0.4, -0.2) is 0 Å². The van der Waals surface area contributed by atoms with E-state index in [-0.39, 0.29) is 0 Å². The summed E-state index contributed by atoms with van der Waals surface area (Å²) in [6, 6.07) is 15.8. The first-order chi connectivity index (χ1) is 8.69. The molecule has 1 N–H and O–H groups in total. The Morgan fingerprint density at radius 3 is 2.39 bits per heavy atom. The zero-order valence-electron chi connectivity index (χ0n) is 9.45. The fourth-order valence-corrected chi connectivity index (χ4v) is 2.31. The van der Waals surface area contributed by atoms with Crippen LogP contribution in [0.3, 0.4) is 0 Å². The van der Waals surface area contributed by atoms with E-state index in [1.54, 1.807) is 6.07 Å². The highest BCUT2D eigenvalue weighted by Gasteiger charge is 2.01. The summed E-state index contributed by atoms with van der Waals surface area (Å²) in [5.41, 5.74) is 2.84. The second-order valence-corrected chi connectivity index (χ2v) is 5.56. The van der Waals surface area contributed by atoms with Crippen molar-refractivity contribution in [3.8, 4) is 6.07 Å². The van der Waals surface area contributed by atoms with Gasteiger partial charge in [-0.1, -0.05) is 28.1 Å². The molecule has 0 heterocycles. The molecule has 0 radical (unpaired) electrons. The Labute approximate surface area is 123 Å². The van der Waals surface area contributed by atoms with Gasteiger partial charge in [-0.15, -0.1) is 0 Å². The van der Waals surface area contributed by atoms with Crippen LogP contribution in [0.5, 0.6) is 0 Å². The molecule has 0 saturated carbocycles. The molecule has 2 rings (SSSR count). The molecule has 2 nitrogen and oxygen atoms in total. The minimum absolute atomic E-state index is 0.649. The fourth-order valence-electron chi connectivity index (χ4n) is 1.53. The van der Waals surface area contributed by atoms with Crippen LogP contribution in [0, 0.1) is 11.3 Å². The number of rotatable bonds is 3. The summed E-state index contributed by atoms with van der Waals surface area (Å²) in [5, 5.41) is 12.1. The second-order valence-electron chi connectivity index (χ2n) is 3.79. The molecule has 0 aliphatic heterocycles. The molecule has 2 aromatic rings. The molecular formula is C14H10Br2N2. The van der Waals surface area contributed by atoms with Crippen LogP contribution >= 0.6 is 31.9 Å². The highest BCUT2D eigenvalue weighted by atomic mass is 79.9. The Morgan fingerprint density at radius 2 is 1.78 bits per heavy atom. The van der Waals surface area contributed by atoms with Crippen LogP contribution in [0.2, 0.25) is 0 Å². The lowest BCUT2D eigenvalue weighted by Crippen LogP contribution is -1.99. The van der Waals surface area contributed by atoms with Gasteiger partial charge in [0.25, 0.3) is 0 Å². The highest BCUT2D eigenvalue weighted by molar-refractivity contribution is 9.10. The van der Waals surface area contributed by atoms with E-state index in [1.165, 1.54) is 5.56 Å². The number of anilines is 1. The number of nitrogens with zero attached hydrogens (tertiary/aromatic N) is 1. The van der Waals surface area contributed by atoms with Crippen LogP contribution in [0.15, 0.2) is 51.4 Å². The number of nitrogens with one attached hydrogen (secondary N) is 1. The summed E-state index contributed by atoms with van der Waals surface area (Å²) in [6.07, 6.45) is 0. The minimum Gasteiger partial charge on any atom is -0.380 e. The minimum atomic E-state index is 0.649. The van der Waals surface area contributed by atoms with E-state index in [9.17, 15) is 0 Å². The first kappa shape index (κ1) is 13.1. The molecule has 0 unspecified atom stereocenters. The van der Waals surface area contributed by atoms with Crippen LogP contribution in [0.4, 0.5) is 5.69 Å². The van der Waals surface area contributed by atoms with Gasteiger partial charge < -0.3 is 5.32 Å². The van der Waals surface area contributed by atoms with Gasteiger partial charge in [-0.25, -0.2) is 0 Å². The predicted molar refractivity (Wildman–Crippen MR) is 80.3 cm³/mol. The van der Waals surface area contributed by atoms with Crippen molar-refractivity contribution in [2.75, 3.05) is 5.32 Å². The van der Waals surface area contributed by atoms with E-state index in [4.69, 9.17) is 5.26 Å². The first-order valence-corrected chi connectivity index (χ1v) is 6.95. The van der Waals surface area contributed by atoms with Crippen molar-refractivity contribution in [2.24, 2.45) is 0 Å². The second kappa shape index (κ2) is 6.03. The van der Waals surface area contributed by atoms with Crippen molar-refractivity contribution in [2.45, 2.75) is 6.54 Å². The fraction of sp³-hybridized carbons (Fsp3) is 0.0714. The van der Waals surface area contributed by atoms with E-state index in [0.717, 1.165) is 21.2 Å². The van der Waals surface area contributed by atoms with E-state index < -0.39 is 0 Å². The van der Waals surface area contributed by atoms with Crippen molar-refractivity contribution < 1.29 is 0 Å². The first-order valence-electron chi connectivity index (χ1n) is 5.37. The van der Waals surface area contributed by atoms with Gasteiger partial charge in [0.15, 0.2) is 0 Å². The molecule has 90 valence electrons. The molecule has 0 spiro atoms. The summed E-state index contributed by atoms with van der Waals surface area (Å²) in [6.45, 7) is 0.748. The Balaban J connectivity index is 2.06. The maximum atomic E-state index is 8.79. The van der Waals surface area contributed by atoms with Crippen molar-refractivity contribution in [3.63, 3.8) is 0 Å². The largest absolute Gasteiger partial charge is 0.380 e. The average molecular weight is 366 g/mol. The molecule has 18 heavy (non-hydrogen) atoms. The van der Waals surface area contributed by atoms with Crippen LogP contribution < -0.4 is 5.32 Å². The lowest BCUT2D eigenvalue weighted by atomic mass is 10.2. The third-order valence-corrected chi connectivity index (χ3v) is 3.68. The molecule has 0 aromatic heterocycles. The maximum absolute atomic E-state index is 8.79. The Hall–Kier alpha value is -1.31. The van der Waals surface area contributed by atoms with E-state index in [2.05, 4.69) is 55.4 Å². The van der Waals surface area contributed by atoms with E-state index >= 15 is 0 Å². The number of hydrogen-bond donors (Lipinski definition) is 1. The van der Waals surface area contributed by atoms with Crippen LogP contribution in [0.25, 0.3) is 0 Å². The Morgan fingerprint density at radius 1 is 1.06 bits per heavy atom. The molecule has 0 atom stereocenters. The quantitative estimate of drug-likeness (QED) is 0.855. The normalized spacial score (nSPS) is 9.83. The van der Waals surface area contributed by atoms with Crippen molar-refractivity contribution in [1.82, 2.24) is 0 Å². The Kier molecular flexibility index (Phi) is 4.40. The van der Waals surface area contributed by atoms with Crippen LogP contribution in [-0.2, 0) is 6.54 Å². The third-order valence-electron chi connectivity index (χ3n) is 2.49. The molecule has 0 saturated heterocycles. The number of benzene rings is 2. The van der Waals surface area contributed by atoms with Crippen molar-refractivity contribution >= 4 is 37.5 Å². The zero-order chi connectivity index (χ0) is 13.0. The van der Waals surface area contributed by atoms with Gasteiger partial charge in [-0.2, -0.15) is 5.26 Å². The van der Waals surface area contributed by atoms with E-state index in [0.29, 0.717) is 5.56 Å². The summed E-state index contributed by atoms with van der Waals surface area (Å²) in [7, 11) is 0. The Bertz CT molecular complexity index is 586. The molecule has 0 fully saturated rings. The lowest BCUT2D eigenvalue weighted by molar-refractivity contribution is 1.14. The highest BCUT2D eigenvalue weighted by Crippen LogP contribution is 2.24. The van der Waals surface area contributed by atoms with Gasteiger partial charge in [0.2, 0.25) is 0 Å². The maximum Gasteiger partial charge on any atom is 0.0992 e. The molecule has 2 aromatic carbocycles. The molecular weight excluding hydrogens is 356 g/mol. The summed E-state index contributed by atoms with van der Waals surface area (Å²) in [4.78, 5) is 0. The summed E-state index contributed by atoms with van der Waals surface area (Å²) >= 11 is 6.86. The predicted octanol–water partition coefficient (Wildman–Crippen LogP) is 4.70. The van der Waals surface area contributed by atoms with Crippen LogP contribution in [0.1, 0.15) is 11.1 Å². The monoisotopic (exact) mass is 364 g/mol. The van der Waals surface area contributed by atoms with Gasteiger partial charge in [0.05, 0.1) is 11.6 Å². The summed E-state index contributed by atoms with van der Waals surface area (Å²) in [5.74, 6) is 0. The molecule has 0 amide bonds. The standard InChI is InChI=1S/C14H10Br2N2/c15-12-4-1-10(2-5-12)9-18-14-6-3-11(8-17)7-13(14)16/h1-7,18H,9H2. The molecule has 0 aliphatic rings. The zero-order valence-corrected chi connectivity index (χ0v) is 12.6. The lowest BCUT2D eigenvalue weighted by Gasteiger charge is -2.09. The molecule has 0 aliphatic carbocycles. The van der Waals surface area contributed by atoms with Crippen molar-refractivity contribution in [1.29, 1.82) is 5.26 Å². The van der Waals surface area contributed by atoms with Gasteiger partial charge in [0.1, 0.15) is 0 Å². The van der Waals surface area contributed by atoms with Gasteiger partial charge in [0, 0.05) is 21.2 Å². The smallest absolute Gasteiger partial charge is 0.0992 e. The molecule has 0 bridgehead atoms. The average Bonchev–Trinajstić information content (AvgIpc) is 2.39. The number of halogens is 2. The van der Waals surface area contributed by atoms with Gasteiger partial charge in [-0.3, -0.25) is 0 Å². The number of nitriles is 1. The summed E-state index contributed by atoms with van der Waals surface area (Å²) < 4.78 is 1.98. The SMILES string of the molecule is N#Cc1ccc(NCc2ccc(Br)cc2)c(Br)c1. The van der Waals surface area contributed by atoms with Gasteiger partial charge in [-0.05, 0) is 51.8 Å². The van der Waals surface area contributed by atoms with Crippen molar-refractivity contribution in [3.05, 3.63) is 62.5 Å². The van der Waals surface area contributed by atoms with E-state index in [1.807, 2.05) is 24.3 Å². The third kappa shape index (κ3) is 3.34.